The minimum atomic E-state index is -3.49. The largest absolute Gasteiger partial charge is 0.272 e. The average molecular weight is 374 g/mol. The number of sulfonamides is 1. The van der Waals surface area contributed by atoms with E-state index < -0.39 is 10.0 Å². The van der Waals surface area contributed by atoms with E-state index in [4.69, 9.17) is 0 Å². The number of rotatable bonds is 3. The molecule has 9 heteroatoms. The van der Waals surface area contributed by atoms with Crippen molar-refractivity contribution in [3.8, 4) is 0 Å². The first-order valence-electron chi connectivity index (χ1n) is 8.66. The number of hydrogen-bond donors (Lipinski definition) is 0. The van der Waals surface area contributed by atoms with Gasteiger partial charge in [-0.15, -0.1) is 0 Å². The maximum absolute atomic E-state index is 12.9. The molecular formula is C17H22N6O2S. The molecule has 1 aliphatic rings. The Bertz CT molecular complexity index is 1060. The third-order valence-electron chi connectivity index (χ3n) is 5.36. The van der Waals surface area contributed by atoms with Gasteiger partial charge in [-0.05, 0) is 49.8 Å². The van der Waals surface area contributed by atoms with Gasteiger partial charge in [0.25, 0.3) is 0 Å². The molecule has 0 spiro atoms. The summed E-state index contributed by atoms with van der Waals surface area (Å²) in [5.74, 6) is 0.332. The van der Waals surface area contributed by atoms with Crippen LogP contribution < -0.4 is 0 Å². The second-order valence-corrected chi connectivity index (χ2v) is 8.78. The molecule has 4 heterocycles. The van der Waals surface area contributed by atoms with Gasteiger partial charge >= 0.3 is 0 Å². The van der Waals surface area contributed by atoms with Gasteiger partial charge in [0, 0.05) is 26.3 Å². The molecule has 0 unspecified atom stereocenters. The fourth-order valence-corrected chi connectivity index (χ4v) is 5.35. The zero-order valence-corrected chi connectivity index (χ0v) is 15.9. The highest BCUT2D eigenvalue weighted by Crippen LogP contribution is 2.33. The number of piperidine rings is 1. The fourth-order valence-electron chi connectivity index (χ4n) is 3.69. The quantitative estimate of drug-likeness (QED) is 0.696. The third kappa shape index (κ3) is 2.71. The van der Waals surface area contributed by atoms with Crippen LogP contribution in [0.4, 0.5) is 0 Å². The van der Waals surface area contributed by atoms with Crippen molar-refractivity contribution in [2.75, 3.05) is 13.1 Å². The van der Waals surface area contributed by atoms with Crippen molar-refractivity contribution in [2.45, 2.75) is 37.5 Å². The van der Waals surface area contributed by atoms with Crippen LogP contribution in [0.2, 0.25) is 0 Å². The molecule has 3 aromatic rings. The first-order valence-corrected chi connectivity index (χ1v) is 10.1. The number of aryl methyl sites for hydroxylation is 2. The molecule has 138 valence electrons. The smallest absolute Gasteiger partial charge is 0.246 e. The molecule has 0 saturated carbocycles. The predicted molar refractivity (Wildman–Crippen MR) is 96.4 cm³/mol. The fraction of sp³-hybridized carbons (Fsp3) is 0.471. The Morgan fingerprint density at radius 1 is 1.15 bits per heavy atom. The highest BCUT2D eigenvalue weighted by atomic mass is 32.2. The average Bonchev–Trinajstić information content (AvgIpc) is 3.21. The van der Waals surface area contributed by atoms with Crippen LogP contribution in [-0.2, 0) is 17.1 Å². The van der Waals surface area contributed by atoms with Crippen LogP contribution >= 0.6 is 0 Å². The Balaban J connectivity index is 1.55. The summed E-state index contributed by atoms with van der Waals surface area (Å²) in [5.41, 5.74) is 3.89. The summed E-state index contributed by atoms with van der Waals surface area (Å²) in [7, 11) is -1.74. The van der Waals surface area contributed by atoms with Gasteiger partial charge in [-0.3, -0.25) is 4.68 Å². The van der Waals surface area contributed by atoms with E-state index in [9.17, 15) is 8.42 Å². The summed E-state index contributed by atoms with van der Waals surface area (Å²) in [6.07, 6.45) is 6.57. The van der Waals surface area contributed by atoms with E-state index in [-0.39, 0.29) is 0 Å². The Labute approximate surface area is 152 Å². The van der Waals surface area contributed by atoms with Crippen LogP contribution in [-0.4, -0.2) is 50.2 Å². The molecule has 26 heavy (non-hydrogen) atoms. The van der Waals surface area contributed by atoms with Crippen LogP contribution in [0.15, 0.2) is 29.7 Å². The SMILES string of the molecule is Cc1cn2ncnc2cc1C1CCN(S(=O)(=O)c2cnn(C)c2C)CC1. The molecule has 0 aromatic carbocycles. The van der Waals surface area contributed by atoms with Gasteiger partial charge in [0.05, 0.1) is 11.9 Å². The van der Waals surface area contributed by atoms with E-state index in [1.807, 2.05) is 6.20 Å². The van der Waals surface area contributed by atoms with Crippen LogP contribution in [0.1, 0.15) is 35.6 Å². The maximum Gasteiger partial charge on any atom is 0.246 e. The van der Waals surface area contributed by atoms with E-state index in [2.05, 4.69) is 28.2 Å². The molecule has 0 amide bonds. The normalized spacial score (nSPS) is 17.2. The van der Waals surface area contributed by atoms with Crippen molar-refractivity contribution in [3.05, 3.63) is 41.6 Å². The number of fused-ring (bicyclic) bond motifs is 1. The van der Waals surface area contributed by atoms with E-state index in [0.717, 1.165) is 24.1 Å². The summed E-state index contributed by atoms with van der Waals surface area (Å²) in [5, 5.41) is 8.23. The van der Waals surface area contributed by atoms with E-state index in [0.29, 0.717) is 29.6 Å². The minimum absolute atomic E-state index is 0.305. The number of aromatic nitrogens is 5. The molecule has 0 N–H and O–H groups in total. The van der Waals surface area contributed by atoms with Gasteiger partial charge in [0.1, 0.15) is 11.2 Å². The first-order chi connectivity index (χ1) is 12.4. The highest BCUT2D eigenvalue weighted by molar-refractivity contribution is 7.89. The Kier molecular flexibility index (Phi) is 4.07. The maximum atomic E-state index is 12.9. The van der Waals surface area contributed by atoms with Crippen LogP contribution in [0.3, 0.4) is 0 Å². The third-order valence-corrected chi connectivity index (χ3v) is 7.36. The Morgan fingerprint density at radius 3 is 2.54 bits per heavy atom. The van der Waals surface area contributed by atoms with Gasteiger partial charge in [0.2, 0.25) is 10.0 Å². The van der Waals surface area contributed by atoms with Crippen molar-refractivity contribution >= 4 is 15.7 Å². The molecule has 8 nitrogen and oxygen atoms in total. The lowest BCUT2D eigenvalue weighted by Crippen LogP contribution is -2.38. The number of hydrogen-bond acceptors (Lipinski definition) is 5. The predicted octanol–water partition coefficient (Wildman–Crippen LogP) is 1.65. The molecule has 0 atom stereocenters. The van der Waals surface area contributed by atoms with Gasteiger partial charge in [-0.25, -0.2) is 17.9 Å². The number of pyridine rings is 1. The van der Waals surface area contributed by atoms with Crippen molar-refractivity contribution in [1.82, 2.24) is 28.7 Å². The summed E-state index contributed by atoms with van der Waals surface area (Å²) in [4.78, 5) is 4.56. The van der Waals surface area contributed by atoms with Gasteiger partial charge in [0.15, 0.2) is 5.65 Å². The molecule has 1 saturated heterocycles. The van der Waals surface area contributed by atoms with E-state index in [1.54, 1.807) is 33.8 Å². The second kappa shape index (κ2) is 6.17. The van der Waals surface area contributed by atoms with Crippen molar-refractivity contribution in [2.24, 2.45) is 7.05 Å². The molecule has 0 radical (unpaired) electrons. The molecular weight excluding hydrogens is 352 g/mol. The zero-order chi connectivity index (χ0) is 18.5. The van der Waals surface area contributed by atoms with E-state index in [1.165, 1.54) is 11.8 Å². The lowest BCUT2D eigenvalue weighted by molar-refractivity contribution is 0.319. The Hall–Kier alpha value is -2.26. The van der Waals surface area contributed by atoms with Gasteiger partial charge in [-0.2, -0.15) is 14.5 Å². The second-order valence-electron chi connectivity index (χ2n) is 6.87. The summed E-state index contributed by atoms with van der Waals surface area (Å²) in [6, 6.07) is 2.07. The van der Waals surface area contributed by atoms with Gasteiger partial charge in [-0.1, -0.05) is 0 Å². The standard InChI is InChI=1S/C17H22N6O2S/c1-12-10-23-17(18-11-20-23)8-15(12)14-4-6-22(7-5-14)26(24,25)16-9-19-21(3)13(16)2/h8-11,14H,4-7H2,1-3H3. The van der Waals surface area contributed by atoms with Crippen LogP contribution in [0.25, 0.3) is 5.65 Å². The monoisotopic (exact) mass is 374 g/mol. The van der Waals surface area contributed by atoms with Crippen molar-refractivity contribution < 1.29 is 8.42 Å². The summed E-state index contributed by atoms with van der Waals surface area (Å²) in [6.45, 7) is 4.87. The lowest BCUT2D eigenvalue weighted by atomic mass is 9.88. The zero-order valence-electron chi connectivity index (χ0n) is 15.1. The lowest BCUT2D eigenvalue weighted by Gasteiger charge is -2.32. The minimum Gasteiger partial charge on any atom is -0.272 e. The Morgan fingerprint density at radius 2 is 1.88 bits per heavy atom. The van der Waals surface area contributed by atoms with Crippen molar-refractivity contribution in [3.63, 3.8) is 0 Å². The molecule has 4 rings (SSSR count). The highest BCUT2D eigenvalue weighted by Gasteiger charge is 2.32. The molecule has 1 fully saturated rings. The molecule has 0 aliphatic carbocycles. The molecule has 0 bridgehead atoms. The summed E-state index contributed by atoms with van der Waals surface area (Å²) < 4.78 is 30.8. The van der Waals surface area contributed by atoms with E-state index >= 15 is 0 Å². The van der Waals surface area contributed by atoms with Crippen LogP contribution in [0, 0.1) is 13.8 Å². The van der Waals surface area contributed by atoms with Gasteiger partial charge < -0.3 is 0 Å². The van der Waals surface area contributed by atoms with Crippen LogP contribution in [0.5, 0.6) is 0 Å². The first kappa shape index (κ1) is 17.2. The summed E-state index contributed by atoms with van der Waals surface area (Å²) >= 11 is 0. The number of nitrogens with zero attached hydrogens (tertiary/aromatic N) is 6. The topological polar surface area (TPSA) is 85.4 Å². The molecule has 3 aromatic heterocycles. The molecule has 1 aliphatic heterocycles. The van der Waals surface area contributed by atoms with Crippen molar-refractivity contribution in [1.29, 1.82) is 0 Å².